The topological polar surface area (TPSA) is 31.2 Å². The fourth-order valence-electron chi connectivity index (χ4n) is 2.22. The zero-order valence-electron chi connectivity index (χ0n) is 10.7. The molecular weight excluding hydrogens is 214 g/mol. The van der Waals surface area contributed by atoms with Crippen molar-refractivity contribution in [3.63, 3.8) is 0 Å². The van der Waals surface area contributed by atoms with Crippen LogP contribution in [0.15, 0.2) is 18.2 Å². The van der Waals surface area contributed by atoms with Crippen molar-refractivity contribution in [1.29, 1.82) is 0 Å². The quantitative estimate of drug-likeness (QED) is 0.760. The number of aryl methyl sites for hydroxylation is 1. The summed E-state index contributed by atoms with van der Waals surface area (Å²) < 4.78 is 7.39. The SMILES string of the molecule is COc1c(C(C)C)ccc2c1cc(C=O)n2C. The number of hydrogen-bond donors (Lipinski definition) is 0. The summed E-state index contributed by atoms with van der Waals surface area (Å²) in [7, 11) is 3.56. The molecule has 0 aliphatic heterocycles. The lowest BCUT2D eigenvalue weighted by Crippen LogP contribution is -1.96. The largest absolute Gasteiger partial charge is 0.496 e. The molecule has 90 valence electrons. The second kappa shape index (κ2) is 4.24. The molecule has 1 aromatic carbocycles. The van der Waals surface area contributed by atoms with Crippen LogP contribution in [0.25, 0.3) is 10.9 Å². The molecule has 0 amide bonds. The standard InChI is InChI=1S/C14H17NO2/c1-9(2)11-5-6-13-12(14(11)17-4)7-10(8-16)15(13)3/h5-9H,1-4H3. The summed E-state index contributed by atoms with van der Waals surface area (Å²) in [5, 5.41) is 1.00. The van der Waals surface area contributed by atoms with Gasteiger partial charge in [-0.3, -0.25) is 4.79 Å². The van der Waals surface area contributed by atoms with Gasteiger partial charge in [0.05, 0.1) is 18.3 Å². The summed E-state index contributed by atoms with van der Waals surface area (Å²) in [6, 6.07) is 5.99. The molecule has 0 unspecified atom stereocenters. The predicted octanol–water partition coefficient (Wildman–Crippen LogP) is 3.12. The highest BCUT2D eigenvalue weighted by Gasteiger charge is 2.15. The lowest BCUT2D eigenvalue weighted by Gasteiger charge is -2.13. The van der Waals surface area contributed by atoms with E-state index < -0.39 is 0 Å². The van der Waals surface area contributed by atoms with Crippen LogP contribution in [-0.2, 0) is 7.05 Å². The molecule has 2 rings (SSSR count). The summed E-state index contributed by atoms with van der Waals surface area (Å²) in [6.07, 6.45) is 0.870. The Bertz CT molecular complexity index is 567. The number of fused-ring (bicyclic) bond motifs is 1. The van der Waals surface area contributed by atoms with E-state index in [9.17, 15) is 4.79 Å². The van der Waals surface area contributed by atoms with Gasteiger partial charge in [0.25, 0.3) is 0 Å². The lowest BCUT2D eigenvalue weighted by molar-refractivity contribution is 0.111. The average Bonchev–Trinajstić information content (AvgIpc) is 2.65. The second-order valence-electron chi connectivity index (χ2n) is 4.52. The van der Waals surface area contributed by atoms with Crippen molar-refractivity contribution in [2.75, 3.05) is 7.11 Å². The number of aromatic nitrogens is 1. The normalized spacial score (nSPS) is 11.1. The van der Waals surface area contributed by atoms with Crippen LogP contribution in [0.4, 0.5) is 0 Å². The van der Waals surface area contributed by atoms with Gasteiger partial charge in [-0.1, -0.05) is 19.9 Å². The molecule has 17 heavy (non-hydrogen) atoms. The molecule has 3 nitrogen and oxygen atoms in total. The van der Waals surface area contributed by atoms with Crippen LogP contribution in [0.2, 0.25) is 0 Å². The first-order valence-corrected chi connectivity index (χ1v) is 5.71. The van der Waals surface area contributed by atoms with E-state index in [4.69, 9.17) is 4.74 Å². The fraction of sp³-hybridized carbons (Fsp3) is 0.357. The zero-order valence-corrected chi connectivity index (χ0v) is 10.7. The van der Waals surface area contributed by atoms with Crippen molar-refractivity contribution in [2.45, 2.75) is 19.8 Å². The molecule has 0 spiro atoms. The number of methoxy groups -OCH3 is 1. The molecule has 0 N–H and O–H groups in total. The molecule has 0 radical (unpaired) electrons. The van der Waals surface area contributed by atoms with Crippen molar-refractivity contribution in [2.24, 2.45) is 7.05 Å². The molecular formula is C14H17NO2. The van der Waals surface area contributed by atoms with Crippen molar-refractivity contribution in [3.8, 4) is 5.75 Å². The minimum Gasteiger partial charge on any atom is -0.496 e. The highest BCUT2D eigenvalue weighted by atomic mass is 16.5. The second-order valence-corrected chi connectivity index (χ2v) is 4.52. The Hall–Kier alpha value is -1.77. The van der Waals surface area contributed by atoms with Gasteiger partial charge in [-0.2, -0.15) is 0 Å². The summed E-state index contributed by atoms with van der Waals surface area (Å²) in [5.74, 6) is 1.27. The molecule has 3 heteroatoms. The van der Waals surface area contributed by atoms with E-state index in [1.165, 1.54) is 5.56 Å². The fourth-order valence-corrected chi connectivity index (χ4v) is 2.22. The van der Waals surface area contributed by atoms with Crippen LogP contribution >= 0.6 is 0 Å². The van der Waals surface area contributed by atoms with Crippen molar-refractivity contribution >= 4 is 17.2 Å². The van der Waals surface area contributed by atoms with Crippen molar-refractivity contribution in [3.05, 3.63) is 29.5 Å². The van der Waals surface area contributed by atoms with E-state index in [2.05, 4.69) is 19.9 Å². The number of hydrogen-bond acceptors (Lipinski definition) is 2. The Morgan fingerprint density at radius 3 is 2.59 bits per heavy atom. The minimum atomic E-state index is 0.397. The predicted molar refractivity (Wildman–Crippen MR) is 68.9 cm³/mol. The molecule has 0 aliphatic rings. The molecule has 1 aromatic heterocycles. The molecule has 0 fully saturated rings. The van der Waals surface area contributed by atoms with Gasteiger partial charge in [0, 0.05) is 12.4 Å². The Morgan fingerprint density at radius 2 is 2.06 bits per heavy atom. The van der Waals surface area contributed by atoms with E-state index in [1.54, 1.807) is 7.11 Å². The maximum atomic E-state index is 11.0. The number of ether oxygens (including phenoxy) is 1. The molecule has 0 aliphatic carbocycles. The van der Waals surface area contributed by atoms with Gasteiger partial charge >= 0.3 is 0 Å². The maximum absolute atomic E-state index is 11.0. The number of aldehydes is 1. The number of carbonyl (C=O) groups is 1. The maximum Gasteiger partial charge on any atom is 0.166 e. The summed E-state index contributed by atoms with van der Waals surface area (Å²) in [4.78, 5) is 11.0. The first-order chi connectivity index (χ1) is 8.10. The Kier molecular flexibility index (Phi) is 2.92. The first-order valence-electron chi connectivity index (χ1n) is 5.71. The monoisotopic (exact) mass is 231 g/mol. The number of rotatable bonds is 3. The zero-order chi connectivity index (χ0) is 12.6. The van der Waals surface area contributed by atoms with Gasteiger partial charge in [0.2, 0.25) is 0 Å². The molecule has 0 saturated heterocycles. The van der Waals surface area contributed by atoms with Gasteiger partial charge < -0.3 is 9.30 Å². The van der Waals surface area contributed by atoms with Gasteiger partial charge in [-0.25, -0.2) is 0 Å². The molecule has 1 heterocycles. The van der Waals surface area contributed by atoms with Crippen LogP contribution in [0.3, 0.4) is 0 Å². The number of benzene rings is 1. The third-order valence-electron chi connectivity index (χ3n) is 3.19. The van der Waals surface area contributed by atoms with Crippen LogP contribution in [0, 0.1) is 0 Å². The minimum absolute atomic E-state index is 0.397. The van der Waals surface area contributed by atoms with Crippen LogP contribution in [0.1, 0.15) is 35.8 Å². The third kappa shape index (κ3) is 1.71. The van der Waals surface area contributed by atoms with Crippen molar-refractivity contribution in [1.82, 2.24) is 4.57 Å². The molecule has 0 bridgehead atoms. The van der Waals surface area contributed by atoms with Crippen LogP contribution in [0.5, 0.6) is 5.75 Å². The lowest BCUT2D eigenvalue weighted by atomic mass is 10.00. The Labute approximate surface area is 101 Å². The van der Waals surface area contributed by atoms with Gasteiger partial charge in [0.1, 0.15) is 5.75 Å². The Morgan fingerprint density at radius 1 is 1.35 bits per heavy atom. The van der Waals surface area contributed by atoms with E-state index in [0.717, 1.165) is 22.9 Å². The van der Waals surface area contributed by atoms with Gasteiger partial charge in [0.15, 0.2) is 6.29 Å². The average molecular weight is 231 g/mol. The summed E-state index contributed by atoms with van der Waals surface area (Å²) in [6.45, 7) is 4.26. The van der Waals surface area contributed by atoms with E-state index >= 15 is 0 Å². The van der Waals surface area contributed by atoms with Gasteiger partial charge in [-0.05, 0) is 23.6 Å². The molecule has 2 aromatic rings. The Balaban J connectivity index is 2.82. The van der Waals surface area contributed by atoms with E-state index in [1.807, 2.05) is 23.7 Å². The van der Waals surface area contributed by atoms with E-state index in [0.29, 0.717) is 11.6 Å². The number of nitrogens with zero attached hydrogens (tertiary/aromatic N) is 1. The highest BCUT2D eigenvalue weighted by Crippen LogP contribution is 2.35. The summed E-state index contributed by atoms with van der Waals surface area (Å²) in [5.41, 5.74) is 2.86. The smallest absolute Gasteiger partial charge is 0.166 e. The summed E-state index contributed by atoms with van der Waals surface area (Å²) >= 11 is 0. The van der Waals surface area contributed by atoms with Crippen LogP contribution in [-0.4, -0.2) is 18.0 Å². The van der Waals surface area contributed by atoms with Gasteiger partial charge in [-0.15, -0.1) is 0 Å². The molecule has 0 atom stereocenters. The number of carbonyl (C=O) groups excluding carboxylic acids is 1. The first kappa shape index (κ1) is 11.7. The van der Waals surface area contributed by atoms with Crippen molar-refractivity contribution < 1.29 is 9.53 Å². The highest BCUT2D eigenvalue weighted by molar-refractivity contribution is 5.93. The third-order valence-corrected chi connectivity index (χ3v) is 3.19. The van der Waals surface area contributed by atoms with E-state index in [-0.39, 0.29) is 0 Å². The molecule has 0 saturated carbocycles. The van der Waals surface area contributed by atoms with Crippen LogP contribution < -0.4 is 4.74 Å².